The van der Waals surface area contributed by atoms with Crippen molar-refractivity contribution in [2.45, 2.75) is 18.1 Å². The Morgan fingerprint density at radius 1 is 1.06 bits per heavy atom. The average molecular weight is 554 g/mol. The number of thiophene rings is 1. The van der Waals surface area contributed by atoms with E-state index in [0.29, 0.717) is 22.4 Å². The molecule has 2 amide bonds. The summed E-state index contributed by atoms with van der Waals surface area (Å²) in [7, 11) is 0. The molecule has 0 aliphatic carbocycles. The molecule has 1 aliphatic rings. The molecular weight excluding hydrogens is 534 g/mol. The standard InChI is InChI=1S/C24H20BrN5O2S2/c25-17-7-9-18(10-8-17)30-21(14-26-23(32)20-6-3-13-33-20)27-28-24(30)34-15-22(31)29-12-11-16-4-1-2-5-19(16)29/h1-10,13H,11-12,14-15H2,(H,26,32). The highest BCUT2D eigenvalue weighted by molar-refractivity contribution is 9.10. The second-order valence-electron chi connectivity index (χ2n) is 7.58. The molecule has 1 aliphatic heterocycles. The number of fused-ring (bicyclic) bond motifs is 1. The van der Waals surface area contributed by atoms with Gasteiger partial charge in [-0.2, -0.15) is 0 Å². The fraction of sp³-hybridized carbons (Fsp3) is 0.167. The Labute approximate surface area is 213 Å². The third-order valence-electron chi connectivity index (χ3n) is 5.45. The van der Waals surface area contributed by atoms with Crippen molar-refractivity contribution in [3.63, 3.8) is 0 Å². The summed E-state index contributed by atoms with van der Waals surface area (Å²) in [5, 5.41) is 14.0. The molecule has 0 spiro atoms. The van der Waals surface area contributed by atoms with Gasteiger partial charge in [0.1, 0.15) is 0 Å². The second kappa shape index (κ2) is 10.1. The number of hydrogen-bond donors (Lipinski definition) is 1. The minimum absolute atomic E-state index is 0.0351. The summed E-state index contributed by atoms with van der Waals surface area (Å²) in [5.41, 5.74) is 3.04. The number of amides is 2. The summed E-state index contributed by atoms with van der Waals surface area (Å²) < 4.78 is 2.84. The molecule has 2 aromatic heterocycles. The monoisotopic (exact) mass is 553 g/mol. The van der Waals surface area contributed by atoms with Crippen LogP contribution in [0.3, 0.4) is 0 Å². The number of benzene rings is 2. The van der Waals surface area contributed by atoms with Crippen molar-refractivity contribution in [3.05, 3.63) is 86.8 Å². The molecule has 7 nitrogen and oxygen atoms in total. The normalized spacial score (nSPS) is 12.6. The molecular formula is C24H20BrN5O2S2. The van der Waals surface area contributed by atoms with Gasteiger partial charge in [-0.3, -0.25) is 14.2 Å². The minimum Gasteiger partial charge on any atom is -0.344 e. The fourth-order valence-corrected chi connectivity index (χ4v) is 5.56. The average Bonchev–Trinajstić information content (AvgIpc) is 3.61. The smallest absolute Gasteiger partial charge is 0.261 e. The van der Waals surface area contributed by atoms with Crippen LogP contribution in [-0.4, -0.2) is 38.9 Å². The Hall–Kier alpha value is -2.95. The van der Waals surface area contributed by atoms with E-state index in [1.807, 2.05) is 63.4 Å². The maximum Gasteiger partial charge on any atom is 0.261 e. The number of anilines is 1. The summed E-state index contributed by atoms with van der Waals surface area (Å²) in [5.74, 6) is 0.712. The highest BCUT2D eigenvalue weighted by Gasteiger charge is 2.25. The Morgan fingerprint density at radius 2 is 1.88 bits per heavy atom. The van der Waals surface area contributed by atoms with Crippen LogP contribution in [-0.2, 0) is 17.8 Å². The van der Waals surface area contributed by atoms with Crippen LogP contribution in [0, 0.1) is 0 Å². The van der Waals surface area contributed by atoms with Crippen LogP contribution in [0.25, 0.3) is 5.69 Å². The van der Waals surface area contributed by atoms with Crippen LogP contribution in [0.5, 0.6) is 0 Å². The van der Waals surface area contributed by atoms with Gasteiger partial charge < -0.3 is 10.2 Å². The number of nitrogens with one attached hydrogen (secondary N) is 1. The maximum absolute atomic E-state index is 13.0. The number of aromatic nitrogens is 3. The lowest BCUT2D eigenvalue weighted by atomic mass is 10.2. The summed E-state index contributed by atoms with van der Waals surface area (Å²) in [4.78, 5) is 27.9. The van der Waals surface area contributed by atoms with E-state index in [1.54, 1.807) is 6.07 Å². The van der Waals surface area contributed by atoms with E-state index in [9.17, 15) is 9.59 Å². The van der Waals surface area contributed by atoms with Gasteiger partial charge in [0, 0.05) is 22.4 Å². The van der Waals surface area contributed by atoms with Crippen molar-refractivity contribution in [2.24, 2.45) is 0 Å². The van der Waals surface area contributed by atoms with E-state index in [4.69, 9.17) is 0 Å². The van der Waals surface area contributed by atoms with Crippen LogP contribution < -0.4 is 10.2 Å². The molecule has 0 unspecified atom stereocenters. The quantitative estimate of drug-likeness (QED) is 0.335. The summed E-state index contributed by atoms with van der Waals surface area (Å²) in [6.45, 7) is 0.909. The van der Waals surface area contributed by atoms with Crippen molar-refractivity contribution in [1.29, 1.82) is 0 Å². The molecule has 0 fully saturated rings. The van der Waals surface area contributed by atoms with Gasteiger partial charge >= 0.3 is 0 Å². The lowest BCUT2D eigenvalue weighted by Crippen LogP contribution is -2.30. The van der Waals surface area contributed by atoms with Crippen LogP contribution in [0.4, 0.5) is 5.69 Å². The Balaban J connectivity index is 1.34. The molecule has 1 N–H and O–H groups in total. The zero-order valence-electron chi connectivity index (χ0n) is 18.0. The van der Waals surface area contributed by atoms with Gasteiger partial charge in [-0.05, 0) is 53.8 Å². The number of hydrogen-bond acceptors (Lipinski definition) is 6. The number of carbonyl (C=O) groups excluding carboxylic acids is 2. The first kappa shape index (κ1) is 22.8. The van der Waals surface area contributed by atoms with Gasteiger partial charge in [-0.15, -0.1) is 21.5 Å². The molecule has 34 heavy (non-hydrogen) atoms. The minimum atomic E-state index is -0.155. The SMILES string of the molecule is O=C(NCc1nnc(SCC(=O)N2CCc3ccccc32)n1-c1ccc(Br)cc1)c1cccs1. The van der Waals surface area contributed by atoms with Crippen molar-refractivity contribution in [2.75, 3.05) is 17.2 Å². The Kier molecular flexibility index (Phi) is 6.80. The number of thioether (sulfide) groups is 1. The van der Waals surface area contributed by atoms with E-state index < -0.39 is 0 Å². The lowest BCUT2D eigenvalue weighted by molar-refractivity contribution is -0.116. The van der Waals surface area contributed by atoms with E-state index in [1.165, 1.54) is 28.7 Å². The predicted molar refractivity (Wildman–Crippen MR) is 138 cm³/mol. The third kappa shape index (κ3) is 4.79. The molecule has 3 heterocycles. The zero-order chi connectivity index (χ0) is 23.5. The second-order valence-corrected chi connectivity index (χ2v) is 10.4. The van der Waals surface area contributed by atoms with Crippen LogP contribution in [0.2, 0.25) is 0 Å². The highest BCUT2D eigenvalue weighted by Crippen LogP contribution is 2.29. The first-order valence-electron chi connectivity index (χ1n) is 10.6. The topological polar surface area (TPSA) is 80.1 Å². The highest BCUT2D eigenvalue weighted by atomic mass is 79.9. The summed E-state index contributed by atoms with van der Waals surface area (Å²) in [6.07, 6.45) is 0.871. The van der Waals surface area contributed by atoms with Crippen LogP contribution in [0.1, 0.15) is 21.1 Å². The summed E-state index contributed by atoms with van der Waals surface area (Å²) >= 11 is 6.20. The van der Waals surface area contributed by atoms with Gasteiger partial charge in [-0.1, -0.05) is 52.0 Å². The van der Waals surface area contributed by atoms with E-state index >= 15 is 0 Å². The molecule has 0 saturated carbocycles. The maximum atomic E-state index is 13.0. The number of carbonyl (C=O) groups is 2. The van der Waals surface area contributed by atoms with Gasteiger partial charge in [0.05, 0.1) is 17.2 Å². The fourth-order valence-electron chi connectivity index (χ4n) is 3.81. The number of halogens is 1. The molecule has 0 radical (unpaired) electrons. The van der Waals surface area contributed by atoms with Crippen molar-refractivity contribution in [3.8, 4) is 5.69 Å². The molecule has 0 atom stereocenters. The first-order valence-corrected chi connectivity index (χ1v) is 13.3. The van der Waals surface area contributed by atoms with Crippen molar-refractivity contribution >= 4 is 56.5 Å². The number of rotatable bonds is 7. The zero-order valence-corrected chi connectivity index (χ0v) is 21.2. The molecule has 172 valence electrons. The summed E-state index contributed by atoms with van der Waals surface area (Å²) in [6, 6.07) is 19.4. The van der Waals surface area contributed by atoms with Gasteiger partial charge in [0.25, 0.3) is 5.91 Å². The molecule has 2 aromatic carbocycles. The number of nitrogens with zero attached hydrogens (tertiary/aromatic N) is 4. The predicted octanol–water partition coefficient (Wildman–Crippen LogP) is 4.70. The van der Waals surface area contributed by atoms with E-state index in [-0.39, 0.29) is 24.1 Å². The van der Waals surface area contributed by atoms with Crippen molar-refractivity contribution < 1.29 is 9.59 Å². The van der Waals surface area contributed by atoms with Crippen LogP contribution >= 0.6 is 39.0 Å². The van der Waals surface area contributed by atoms with Gasteiger partial charge in [-0.25, -0.2) is 0 Å². The first-order chi connectivity index (χ1) is 16.6. The Bertz CT molecular complexity index is 1320. The van der Waals surface area contributed by atoms with Gasteiger partial charge in [0.2, 0.25) is 5.91 Å². The van der Waals surface area contributed by atoms with E-state index in [2.05, 4.69) is 37.5 Å². The lowest BCUT2D eigenvalue weighted by Gasteiger charge is -2.17. The molecule has 10 heteroatoms. The Morgan fingerprint density at radius 3 is 2.68 bits per heavy atom. The molecule has 5 rings (SSSR count). The van der Waals surface area contributed by atoms with Crippen LogP contribution in [0.15, 0.2) is 75.7 Å². The van der Waals surface area contributed by atoms with Crippen molar-refractivity contribution in [1.82, 2.24) is 20.1 Å². The largest absolute Gasteiger partial charge is 0.344 e. The van der Waals surface area contributed by atoms with E-state index in [0.717, 1.165) is 22.3 Å². The molecule has 4 aromatic rings. The molecule has 0 bridgehead atoms. The van der Waals surface area contributed by atoms with Gasteiger partial charge in [0.15, 0.2) is 11.0 Å². The number of para-hydroxylation sites is 1. The molecule has 0 saturated heterocycles. The third-order valence-corrected chi connectivity index (χ3v) is 7.76.